The SMILES string of the molecule is C=CCCCC(=O)On1c(O)ccc1O. The predicted octanol–water partition coefficient (Wildman–Crippen LogP) is 1.21. The molecule has 0 radical (unpaired) electrons. The fraction of sp³-hybridized carbons (Fsp3) is 0.300. The lowest BCUT2D eigenvalue weighted by atomic mass is 10.2. The zero-order chi connectivity index (χ0) is 11.3. The summed E-state index contributed by atoms with van der Waals surface area (Å²) in [5.74, 6) is -1.15. The molecule has 0 saturated carbocycles. The summed E-state index contributed by atoms with van der Waals surface area (Å²) in [5, 5.41) is 18.3. The van der Waals surface area contributed by atoms with Crippen LogP contribution in [0.1, 0.15) is 19.3 Å². The molecule has 0 spiro atoms. The van der Waals surface area contributed by atoms with E-state index >= 15 is 0 Å². The molecule has 5 nitrogen and oxygen atoms in total. The van der Waals surface area contributed by atoms with Gasteiger partial charge in [-0.3, -0.25) is 0 Å². The second-order valence-electron chi connectivity index (χ2n) is 2.99. The van der Waals surface area contributed by atoms with Crippen LogP contribution in [0.5, 0.6) is 11.8 Å². The summed E-state index contributed by atoms with van der Waals surface area (Å²) in [6.45, 7) is 3.52. The first-order chi connectivity index (χ1) is 7.15. The third-order valence-corrected chi connectivity index (χ3v) is 1.78. The molecule has 82 valence electrons. The summed E-state index contributed by atoms with van der Waals surface area (Å²) in [4.78, 5) is 15.9. The van der Waals surface area contributed by atoms with Crippen molar-refractivity contribution in [3.63, 3.8) is 0 Å². The normalized spacial score (nSPS) is 9.87. The Bertz CT molecular complexity index is 337. The largest absolute Gasteiger partial charge is 0.492 e. The van der Waals surface area contributed by atoms with Crippen LogP contribution in [-0.2, 0) is 4.79 Å². The van der Waals surface area contributed by atoms with Crippen LogP contribution in [0.25, 0.3) is 0 Å². The van der Waals surface area contributed by atoms with Crippen LogP contribution in [0.2, 0.25) is 0 Å². The van der Waals surface area contributed by atoms with Crippen LogP contribution in [0, 0.1) is 0 Å². The van der Waals surface area contributed by atoms with E-state index in [0.717, 1.165) is 6.42 Å². The number of allylic oxidation sites excluding steroid dienone is 1. The van der Waals surface area contributed by atoms with Gasteiger partial charge in [0.05, 0.1) is 0 Å². The van der Waals surface area contributed by atoms with Gasteiger partial charge in [-0.2, -0.15) is 0 Å². The summed E-state index contributed by atoms with van der Waals surface area (Å²) in [6, 6.07) is 2.46. The molecule has 1 aromatic rings. The third kappa shape index (κ3) is 3.05. The summed E-state index contributed by atoms with van der Waals surface area (Å²) >= 11 is 0. The fourth-order valence-electron chi connectivity index (χ4n) is 1.03. The molecule has 5 heteroatoms. The number of unbranched alkanes of at least 4 members (excludes halogenated alkanes) is 1. The highest BCUT2D eigenvalue weighted by Gasteiger charge is 2.11. The molecule has 0 unspecified atom stereocenters. The lowest BCUT2D eigenvalue weighted by Gasteiger charge is -2.05. The Morgan fingerprint density at radius 3 is 2.60 bits per heavy atom. The maximum Gasteiger partial charge on any atom is 0.333 e. The Labute approximate surface area is 87.2 Å². The average molecular weight is 211 g/mol. The van der Waals surface area contributed by atoms with E-state index in [2.05, 4.69) is 6.58 Å². The summed E-state index contributed by atoms with van der Waals surface area (Å²) in [5.41, 5.74) is 0. The van der Waals surface area contributed by atoms with Crippen LogP contribution >= 0.6 is 0 Å². The van der Waals surface area contributed by atoms with Crippen molar-refractivity contribution in [3.05, 3.63) is 24.8 Å². The van der Waals surface area contributed by atoms with E-state index in [1.54, 1.807) is 6.08 Å². The van der Waals surface area contributed by atoms with Gasteiger partial charge in [0, 0.05) is 18.6 Å². The molecular weight excluding hydrogens is 198 g/mol. The quantitative estimate of drug-likeness (QED) is 0.567. The van der Waals surface area contributed by atoms with Crippen molar-refractivity contribution in [1.82, 2.24) is 4.73 Å². The van der Waals surface area contributed by atoms with Gasteiger partial charge < -0.3 is 15.1 Å². The Hall–Kier alpha value is -1.91. The Balaban J connectivity index is 2.47. The first-order valence-corrected chi connectivity index (χ1v) is 4.57. The molecule has 0 aliphatic carbocycles. The molecule has 1 aromatic heterocycles. The van der Waals surface area contributed by atoms with E-state index in [1.807, 2.05) is 0 Å². The lowest BCUT2D eigenvalue weighted by molar-refractivity contribution is -0.145. The molecule has 2 N–H and O–H groups in total. The molecule has 15 heavy (non-hydrogen) atoms. The van der Waals surface area contributed by atoms with Crippen molar-refractivity contribution in [3.8, 4) is 11.8 Å². The van der Waals surface area contributed by atoms with Gasteiger partial charge in [0.15, 0.2) is 0 Å². The van der Waals surface area contributed by atoms with Gasteiger partial charge in [-0.1, -0.05) is 6.08 Å². The van der Waals surface area contributed by atoms with E-state index in [4.69, 9.17) is 15.1 Å². The summed E-state index contributed by atoms with van der Waals surface area (Å²) in [6.07, 6.45) is 3.27. The number of rotatable bonds is 5. The molecule has 0 aromatic carbocycles. The summed E-state index contributed by atoms with van der Waals surface area (Å²) in [7, 11) is 0. The molecule has 0 aliphatic rings. The van der Waals surface area contributed by atoms with Crippen LogP contribution in [-0.4, -0.2) is 20.9 Å². The second kappa shape index (κ2) is 5.09. The summed E-state index contributed by atoms with van der Waals surface area (Å²) < 4.78 is 0.677. The van der Waals surface area contributed by atoms with E-state index < -0.39 is 5.97 Å². The van der Waals surface area contributed by atoms with Gasteiger partial charge in [-0.05, 0) is 12.8 Å². The fourth-order valence-corrected chi connectivity index (χ4v) is 1.03. The van der Waals surface area contributed by atoms with Crippen LogP contribution < -0.4 is 4.84 Å². The molecular formula is C10H13NO4. The van der Waals surface area contributed by atoms with E-state index in [-0.39, 0.29) is 18.2 Å². The van der Waals surface area contributed by atoms with Gasteiger partial charge in [-0.25, -0.2) is 4.79 Å². The minimum atomic E-state index is -0.515. The molecule has 0 fully saturated rings. The Kier molecular flexibility index (Phi) is 3.79. The van der Waals surface area contributed by atoms with Crippen molar-refractivity contribution < 1.29 is 19.8 Å². The van der Waals surface area contributed by atoms with Crippen LogP contribution in [0.4, 0.5) is 0 Å². The minimum Gasteiger partial charge on any atom is -0.492 e. The second-order valence-corrected chi connectivity index (χ2v) is 2.99. The number of hydrogen-bond acceptors (Lipinski definition) is 4. The molecule has 0 atom stereocenters. The lowest BCUT2D eigenvalue weighted by Crippen LogP contribution is -2.18. The minimum absolute atomic E-state index is 0.211. The molecule has 0 aliphatic heterocycles. The molecule has 1 heterocycles. The maximum absolute atomic E-state index is 11.2. The van der Waals surface area contributed by atoms with Crippen molar-refractivity contribution in [1.29, 1.82) is 0 Å². The van der Waals surface area contributed by atoms with E-state index in [1.165, 1.54) is 12.1 Å². The molecule has 0 amide bonds. The number of aromatic nitrogens is 1. The number of aromatic hydroxyl groups is 2. The average Bonchev–Trinajstić information content (AvgIpc) is 2.50. The third-order valence-electron chi connectivity index (χ3n) is 1.78. The van der Waals surface area contributed by atoms with Crippen molar-refractivity contribution in [2.45, 2.75) is 19.3 Å². The standard InChI is InChI=1S/C10H13NO4/c1-2-3-4-5-10(14)15-11-8(12)6-7-9(11)13/h2,6-7,12-13H,1,3-5H2. The Morgan fingerprint density at radius 1 is 1.47 bits per heavy atom. The first-order valence-electron chi connectivity index (χ1n) is 4.57. The van der Waals surface area contributed by atoms with E-state index in [9.17, 15) is 4.79 Å². The first kappa shape index (κ1) is 11.2. The zero-order valence-electron chi connectivity index (χ0n) is 8.22. The van der Waals surface area contributed by atoms with Crippen molar-refractivity contribution >= 4 is 5.97 Å². The monoisotopic (exact) mass is 211 g/mol. The van der Waals surface area contributed by atoms with Crippen molar-refractivity contribution in [2.75, 3.05) is 0 Å². The number of carbonyl (C=O) groups excluding carboxylic acids is 1. The van der Waals surface area contributed by atoms with Gasteiger partial charge in [0.1, 0.15) is 0 Å². The van der Waals surface area contributed by atoms with Crippen LogP contribution in [0.3, 0.4) is 0 Å². The highest BCUT2D eigenvalue weighted by molar-refractivity contribution is 5.69. The smallest absolute Gasteiger partial charge is 0.333 e. The van der Waals surface area contributed by atoms with Gasteiger partial charge >= 0.3 is 5.97 Å². The Morgan fingerprint density at radius 2 is 2.07 bits per heavy atom. The highest BCUT2D eigenvalue weighted by atomic mass is 16.7. The van der Waals surface area contributed by atoms with Gasteiger partial charge in [-0.15, -0.1) is 11.3 Å². The maximum atomic E-state index is 11.2. The number of carbonyl (C=O) groups is 1. The predicted molar refractivity (Wildman–Crippen MR) is 53.4 cm³/mol. The number of nitrogens with zero attached hydrogens (tertiary/aromatic N) is 1. The highest BCUT2D eigenvalue weighted by Crippen LogP contribution is 2.18. The topological polar surface area (TPSA) is 71.7 Å². The molecule has 0 bridgehead atoms. The van der Waals surface area contributed by atoms with Crippen molar-refractivity contribution in [2.24, 2.45) is 0 Å². The van der Waals surface area contributed by atoms with Gasteiger partial charge in [0.25, 0.3) is 0 Å². The zero-order valence-corrected chi connectivity index (χ0v) is 8.22. The van der Waals surface area contributed by atoms with Crippen LogP contribution in [0.15, 0.2) is 24.8 Å². The number of hydrogen-bond donors (Lipinski definition) is 2. The van der Waals surface area contributed by atoms with Gasteiger partial charge in [0.2, 0.25) is 11.8 Å². The molecule has 1 rings (SSSR count). The van der Waals surface area contributed by atoms with E-state index in [0.29, 0.717) is 11.2 Å². The molecule has 0 saturated heterocycles.